The molecule has 19 heavy (non-hydrogen) atoms. The summed E-state index contributed by atoms with van der Waals surface area (Å²) in [5.74, 6) is -0.673. The van der Waals surface area contributed by atoms with Crippen molar-refractivity contribution in [2.24, 2.45) is 5.41 Å². The Morgan fingerprint density at radius 1 is 0.895 bits per heavy atom. The summed E-state index contributed by atoms with van der Waals surface area (Å²) >= 11 is 0. The first-order valence-corrected chi connectivity index (χ1v) is 7.81. The molecule has 0 heterocycles. The molecule has 0 rings (SSSR count). The minimum Gasteiger partial charge on any atom is -0.393 e. The molecule has 3 heteroatoms. The lowest BCUT2D eigenvalue weighted by Crippen LogP contribution is -2.33. The van der Waals surface area contributed by atoms with Crippen LogP contribution < -0.4 is 0 Å². The molecule has 0 saturated carbocycles. The molecular formula is C16H30O3. The second-order valence-electron chi connectivity index (χ2n) is 5.31. The van der Waals surface area contributed by atoms with Crippen molar-refractivity contribution in [2.75, 3.05) is 0 Å². The van der Waals surface area contributed by atoms with E-state index >= 15 is 0 Å². The van der Waals surface area contributed by atoms with Crippen LogP contribution in [0.15, 0.2) is 0 Å². The van der Waals surface area contributed by atoms with Gasteiger partial charge in [0.1, 0.15) is 0 Å². The summed E-state index contributed by atoms with van der Waals surface area (Å²) in [6, 6.07) is 0. The van der Waals surface area contributed by atoms with E-state index in [-0.39, 0.29) is 11.9 Å². The fourth-order valence-electron chi connectivity index (χ4n) is 2.29. The van der Waals surface area contributed by atoms with Crippen molar-refractivity contribution >= 4 is 11.9 Å². The Morgan fingerprint density at radius 3 is 1.95 bits per heavy atom. The zero-order valence-corrected chi connectivity index (χ0v) is 13.1. The van der Waals surface area contributed by atoms with E-state index < -0.39 is 5.41 Å². The van der Waals surface area contributed by atoms with E-state index in [0.29, 0.717) is 6.42 Å². The smallest absolute Gasteiger partial charge is 0.319 e. The van der Waals surface area contributed by atoms with Gasteiger partial charge >= 0.3 is 11.9 Å². The molecule has 0 radical (unpaired) electrons. The minimum atomic E-state index is -0.462. The van der Waals surface area contributed by atoms with Crippen LogP contribution in [-0.2, 0) is 14.3 Å². The highest BCUT2D eigenvalue weighted by molar-refractivity contribution is 5.88. The average Bonchev–Trinajstić information content (AvgIpc) is 2.41. The van der Waals surface area contributed by atoms with E-state index in [1.165, 1.54) is 0 Å². The van der Waals surface area contributed by atoms with Crippen LogP contribution in [-0.4, -0.2) is 11.9 Å². The van der Waals surface area contributed by atoms with Crippen LogP contribution in [0, 0.1) is 5.41 Å². The van der Waals surface area contributed by atoms with Crippen LogP contribution in [0.4, 0.5) is 0 Å². The second kappa shape index (κ2) is 9.99. The Morgan fingerprint density at radius 2 is 1.47 bits per heavy atom. The number of unbranched alkanes of at least 4 members (excludes halogenated alkanes) is 3. The van der Waals surface area contributed by atoms with Crippen molar-refractivity contribution in [1.82, 2.24) is 0 Å². The lowest BCUT2D eigenvalue weighted by molar-refractivity contribution is -0.168. The summed E-state index contributed by atoms with van der Waals surface area (Å²) in [5.41, 5.74) is -0.462. The molecule has 3 nitrogen and oxygen atoms in total. The third-order valence-electron chi connectivity index (χ3n) is 3.99. The molecule has 0 aromatic heterocycles. The molecule has 0 spiro atoms. The fraction of sp³-hybridized carbons (Fsp3) is 0.875. The van der Waals surface area contributed by atoms with Gasteiger partial charge in [0.15, 0.2) is 0 Å². The molecule has 0 aromatic rings. The van der Waals surface area contributed by atoms with Crippen LogP contribution in [0.1, 0.15) is 85.5 Å². The molecule has 0 aliphatic rings. The molecule has 112 valence electrons. The first-order valence-electron chi connectivity index (χ1n) is 7.81. The van der Waals surface area contributed by atoms with Crippen molar-refractivity contribution in [2.45, 2.75) is 85.5 Å². The Bertz CT molecular complexity index is 267. The van der Waals surface area contributed by atoms with Gasteiger partial charge in [0, 0.05) is 6.42 Å². The number of hydrogen-bond acceptors (Lipinski definition) is 3. The minimum absolute atomic E-state index is 0.313. The predicted molar refractivity (Wildman–Crippen MR) is 77.8 cm³/mol. The third-order valence-corrected chi connectivity index (χ3v) is 3.99. The summed E-state index contributed by atoms with van der Waals surface area (Å²) in [7, 11) is 0. The standard InChI is InChI=1S/C16H30O3/c1-5-9-11-12-14(17)19-15(18)16(7-3,8-4)13-10-6-2/h5-13H2,1-4H3. The molecule has 0 saturated heterocycles. The highest BCUT2D eigenvalue weighted by Gasteiger charge is 2.36. The van der Waals surface area contributed by atoms with E-state index in [0.717, 1.165) is 51.4 Å². The number of ether oxygens (including phenoxy) is 1. The Hall–Kier alpha value is -0.860. The quantitative estimate of drug-likeness (QED) is 0.330. The lowest BCUT2D eigenvalue weighted by Gasteiger charge is -2.28. The molecule has 0 unspecified atom stereocenters. The Balaban J connectivity index is 4.42. The molecular weight excluding hydrogens is 240 g/mol. The van der Waals surface area contributed by atoms with Gasteiger partial charge in [0.25, 0.3) is 0 Å². The maximum Gasteiger partial charge on any atom is 0.319 e. The molecule has 0 N–H and O–H groups in total. The van der Waals surface area contributed by atoms with Crippen LogP contribution in [0.3, 0.4) is 0 Å². The zero-order chi connectivity index (χ0) is 14.7. The Kier molecular flexibility index (Phi) is 9.54. The van der Waals surface area contributed by atoms with E-state index in [2.05, 4.69) is 13.8 Å². The van der Waals surface area contributed by atoms with Crippen LogP contribution in [0.25, 0.3) is 0 Å². The van der Waals surface area contributed by atoms with Crippen LogP contribution in [0.2, 0.25) is 0 Å². The van der Waals surface area contributed by atoms with Gasteiger partial charge in [0.05, 0.1) is 5.41 Å². The SMILES string of the molecule is CCCCCC(=O)OC(=O)C(CC)(CC)CCCC. The topological polar surface area (TPSA) is 43.4 Å². The van der Waals surface area contributed by atoms with Crippen molar-refractivity contribution in [3.05, 3.63) is 0 Å². The van der Waals surface area contributed by atoms with Gasteiger partial charge in [-0.25, -0.2) is 0 Å². The summed E-state index contributed by atoms with van der Waals surface area (Å²) in [6.45, 7) is 8.20. The molecule has 0 aliphatic heterocycles. The maximum atomic E-state index is 12.2. The number of carbonyl (C=O) groups is 2. The largest absolute Gasteiger partial charge is 0.393 e. The predicted octanol–water partition coefficient (Wildman–Crippen LogP) is 4.63. The average molecular weight is 270 g/mol. The maximum absolute atomic E-state index is 12.2. The molecule has 0 amide bonds. The highest BCUT2D eigenvalue weighted by Crippen LogP contribution is 2.34. The van der Waals surface area contributed by atoms with E-state index in [4.69, 9.17) is 4.74 Å². The van der Waals surface area contributed by atoms with E-state index in [9.17, 15) is 9.59 Å². The Labute approximate surface area is 118 Å². The number of carbonyl (C=O) groups excluding carboxylic acids is 2. The molecule has 0 fully saturated rings. The molecule has 0 bridgehead atoms. The zero-order valence-electron chi connectivity index (χ0n) is 13.1. The van der Waals surface area contributed by atoms with Gasteiger partial charge in [0.2, 0.25) is 0 Å². The molecule has 0 aliphatic carbocycles. The first kappa shape index (κ1) is 18.1. The van der Waals surface area contributed by atoms with Crippen molar-refractivity contribution in [3.8, 4) is 0 Å². The lowest BCUT2D eigenvalue weighted by atomic mass is 9.78. The third kappa shape index (κ3) is 6.22. The number of esters is 2. The monoisotopic (exact) mass is 270 g/mol. The van der Waals surface area contributed by atoms with Crippen molar-refractivity contribution in [3.63, 3.8) is 0 Å². The summed E-state index contributed by atoms with van der Waals surface area (Å²) in [6.07, 6.45) is 7.59. The van der Waals surface area contributed by atoms with Crippen LogP contribution in [0.5, 0.6) is 0 Å². The number of rotatable bonds is 10. The number of hydrogen-bond donors (Lipinski definition) is 0. The van der Waals surface area contributed by atoms with Crippen LogP contribution >= 0.6 is 0 Å². The van der Waals surface area contributed by atoms with Gasteiger partial charge < -0.3 is 4.74 Å². The first-order chi connectivity index (χ1) is 9.06. The van der Waals surface area contributed by atoms with Gasteiger partial charge in [-0.3, -0.25) is 9.59 Å². The fourth-order valence-corrected chi connectivity index (χ4v) is 2.29. The van der Waals surface area contributed by atoms with E-state index in [1.807, 2.05) is 13.8 Å². The van der Waals surface area contributed by atoms with Crippen molar-refractivity contribution < 1.29 is 14.3 Å². The van der Waals surface area contributed by atoms with E-state index in [1.54, 1.807) is 0 Å². The molecule has 0 aromatic carbocycles. The van der Waals surface area contributed by atoms with Crippen molar-refractivity contribution in [1.29, 1.82) is 0 Å². The van der Waals surface area contributed by atoms with Gasteiger partial charge in [-0.1, -0.05) is 53.4 Å². The highest BCUT2D eigenvalue weighted by atomic mass is 16.6. The van der Waals surface area contributed by atoms with Gasteiger partial charge in [-0.2, -0.15) is 0 Å². The summed E-state index contributed by atoms with van der Waals surface area (Å²) in [5, 5.41) is 0. The molecule has 0 atom stereocenters. The summed E-state index contributed by atoms with van der Waals surface area (Å²) in [4.78, 5) is 23.9. The summed E-state index contributed by atoms with van der Waals surface area (Å²) < 4.78 is 5.06. The van der Waals surface area contributed by atoms with Gasteiger partial charge in [-0.15, -0.1) is 0 Å². The van der Waals surface area contributed by atoms with Gasteiger partial charge in [-0.05, 0) is 25.7 Å². The second-order valence-corrected chi connectivity index (χ2v) is 5.31. The normalized spacial score (nSPS) is 11.4.